The van der Waals surface area contributed by atoms with Gasteiger partial charge in [-0.05, 0) is 41.5 Å². The summed E-state index contributed by atoms with van der Waals surface area (Å²) in [7, 11) is 1.63. The van der Waals surface area contributed by atoms with E-state index < -0.39 is 0 Å². The molecule has 1 N–H and O–H groups in total. The Morgan fingerprint density at radius 1 is 1.24 bits per heavy atom. The number of hydrogen-bond acceptors (Lipinski definition) is 3. The molecule has 1 aromatic carbocycles. The van der Waals surface area contributed by atoms with Crippen LogP contribution in [0.2, 0.25) is 0 Å². The quantitative estimate of drug-likeness (QED) is 0.815. The minimum Gasteiger partial charge on any atom is -0.497 e. The zero-order chi connectivity index (χ0) is 12.1. The summed E-state index contributed by atoms with van der Waals surface area (Å²) in [5.41, 5.74) is 2.55. The lowest BCUT2D eigenvalue weighted by molar-refractivity contribution is 0.415. The first-order chi connectivity index (χ1) is 8.29. The predicted octanol–water partition coefficient (Wildman–Crippen LogP) is 2.70. The van der Waals surface area contributed by atoms with Crippen molar-refractivity contribution < 1.29 is 4.74 Å². The van der Waals surface area contributed by atoms with Gasteiger partial charge in [-0.3, -0.25) is 4.98 Å². The molecule has 3 nitrogen and oxygen atoms in total. The highest BCUT2D eigenvalue weighted by molar-refractivity contribution is 5.99. The van der Waals surface area contributed by atoms with Gasteiger partial charge in [-0.25, -0.2) is 0 Å². The maximum Gasteiger partial charge on any atom is 0.118 e. The third-order valence-corrected chi connectivity index (χ3v) is 2.54. The van der Waals surface area contributed by atoms with Gasteiger partial charge < -0.3 is 10.1 Å². The molecule has 0 aliphatic rings. The number of methoxy groups -OCH3 is 1. The van der Waals surface area contributed by atoms with Crippen LogP contribution in [0.4, 0.5) is 0 Å². The normalized spacial score (nSPS) is 9.94. The Balaban J connectivity index is 2.09. The summed E-state index contributed by atoms with van der Waals surface area (Å²) >= 11 is 0. The molecule has 86 valence electrons. The third-order valence-electron chi connectivity index (χ3n) is 2.54. The van der Waals surface area contributed by atoms with E-state index in [1.165, 1.54) is 0 Å². The minimum atomic E-state index is 0.584. The van der Waals surface area contributed by atoms with Crippen LogP contribution in [-0.4, -0.2) is 17.8 Å². The summed E-state index contributed by atoms with van der Waals surface area (Å²) in [6.45, 7) is 0. The van der Waals surface area contributed by atoms with Crippen molar-refractivity contribution in [1.29, 1.82) is 5.41 Å². The van der Waals surface area contributed by atoms with Gasteiger partial charge in [0.25, 0.3) is 0 Å². The van der Waals surface area contributed by atoms with Crippen LogP contribution < -0.4 is 4.74 Å². The maximum absolute atomic E-state index is 8.03. The van der Waals surface area contributed by atoms with Crippen LogP contribution in [0, 0.1) is 5.41 Å². The SMILES string of the molecule is COc1ccc(C(=N)Cc2cccnc2)cc1. The lowest BCUT2D eigenvalue weighted by Gasteiger charge is -2.05. The van der Waals surface area contributed by atoms with Gasteiger partial charge in [0.15, 0.2) is 0 Å². The van der Waals surface area contributed by atoms with E-state index in [2.05, 4.69) is 4.98 Å². The lowest BCUT2D eigenvalue weighted by atomic mass is 10.0. The zero-order valence-corrected chi connectivity index (χ0v) is 9.68. The number of pyridine rings is 1. The van der Waals surface area contributed by atoms with E-state index in [0.29, 0.717) is 12.1 Å². The summed E-state index contributed by atoms with van der Waals surface area (Å²) < 4.78 is 5.09. The molecule has 2 aromatic rings. The molecule has 3 heteroatoms. The smallest absolute Gasteiger partial charge is 0.118 e. The molecule has 0 aliphatic carbocycles. The number of benzene rings is 1. The van der Waals surface area contributed by atoms with Gasteiger partial charge in [-0.15, -0.1) is 0 Å². The van der Waals surface area contributed by atoms with E-state index in [0.717, 1.165) is 16.9 Å². The predicted molar refractivity (Wildman–Crippen MR) is 67.8 cm³/mol. The summed E-state index contributed by atoms with van der Waals surface area (Å²) in [4.78, 5) is 4.04. The number of hydrogen-bond donors (Lipinski definition) is 1. The first-order valence-corrected chi connectivity index (χ1v) is 5.40. The largest absolute Gasteiger partial charge is 0.497 e. The highest BCUT2D eigenvalue weighted by atomic mass is 16.5. The van der Waals surface area contributed by atoms with Crippen molar-refractivity contribution in [2.24, 2.45) is 0 Å². The van der Waals surface area contributed by atoms with Crippen molar-refractivity contribution in [1.82, 2.24) is 4.98 Å². The number of nitrogens with one attached hydrogen (secondary N) is 1. The van der Waals surface area contributed by atoms with E-state index in [4.69, 9.17) is 10.1 Å². The first-order valence-electron chi connectivity index (χ1n) is 5.40. The van der Waals surface area contributed by atoms with E-state index >= 15 is 0 Å². The van der Waals surface area contributed by atoms with Crippen LogP contribution in [0.5, 0.6) is 5.75 Å². The van der Waals surface area contributed by atoms with Crippen molar-refractivity contribution in [3.63, 3.8) is 0 Å². The maximum atomic E-state index is 8.03. The van der Waals surface area contributed by atoms with Gasteiger partial charge in [-0.1, -0.05) is 6.07 Å². The van der Waals surface area contributed by atoms with Gasteiger partial charge >= 0.3 is 0 Å². The molecule has 0 saturated heterocycles. The number of ether oxygens (including phenoxy) is 1. The minimum absolute atomic E-state index is 0.584. The van der Waals surface area contributed by atoms with Gasteiger partial charge in [0, 0.05) is 24.5 Å². The summed E-state index contributed by atoms with van der Waals surface area (Å²) in [5, 5.41) is 8.03. The molecule has 0 saturated carbocycles. The standard InChI is InChI=1S/C14H14N2O/c1-17-13-6-4-12(5-7-13)14(15)9-11-3-2-8-16-10-11/h2-8,10,15H,9H2,1H3. The van der Waals surface area contributed by atoms with E-state index in [9.17, 15) is 0 Å². The Labute approximate surface area is 101 Å². The second-order valence-corrected chi connectivity index (χ2v) is 3.75. The van der Waals surface area contributed by atoms with Crippen LogP contribution in [-0.2, 0) is 6.42 Å². The van der Waals surface area contributed by atoms with Crippen molar-refractivity contribution in [2.75, 3.05) is 7.11 Å². The monoisotopic (exact) mass is 226 g/mol. The van der Waals surface area contributed by atoms with E-state index in [-0.39, 0.29) is 0 Å². The highest BCUT2D eigenvalue weighted by Crippen LogP contribution is 2.13. The molecule has 0 radical (unpaired) electrons. The van der Waals surface area contributed by atoms with Gasteiger partial charge in [0.1, 0.15) is 5.75 Å². The van der Waals surface area contributed by atoms with Crippen LogP contribution in [0.1, 0.15) is 11.1 Å². The van der Waals surface area contributed by atoms with Crippen LogP contribution in [0.3, 0.4) is 0 Å². The molecule has 1 aromatic heterocycles. The zero-order valence-electron chi connectivity index (χ0n) is 9.68. The molecule has 0 aliphatic heterocycles. The Bertz CT molecular complexity index is 491. The molecule has 0 atom stereocenters. The van der Waals surface area contributed by atoms with Crippen molar-refractivity contribution in [3.05, 3.63) is 59.9 Å². The van der Waals surface area contributed by atoms with Gasteiger partial charge in [0.2, 0.25) is 0 Å². The summed E-state index contributed by atoms with van der Waals surface area (Å²) in [6.07, 6.45) is 4.12. The fourth-order valence-corrected chi connectivity index (χ4v) is 1.60. The van der Waals surface area contributed by atoms with Crippen LogP contribution >= 0.6 is 0 Å². The van der Waals surface area contributed by atoms with Crippen LogP contribution in [0.15, 0.2) is 48.8 Å². The number of nitrogens with zero attached hydrogens (tertiary/aromatic N) is 1. The van der Waals surface area contributed by atoms with Gasteiger partial charge in [-0.2, -0.15) is 0 Å². The van der Waals surface area contributed by atoms with Crippen LogP contribution in [0.25, 0.3) is 0 Å². The molecular formula is C14H14N2O. The molecule has 2 rings (SSSR count). The highest BCUT2D eigenvalue weighted by Gasteiger charge is 2.03. The van der Waals surface area contributed by atoms with Gasteiger partial charge in [0.05, 0.1) is 7.11 Å². The lowest BCUT2D eigenvalue weighted by Crippen LogP contribution is -2.03. The Hall–Kier alpha value is -2.16. The van der Waals surface area contributed by atoms with Crippen molar-refractivity contribution >= 4 is 5.71 Å². The molecule has 1 heterocycles. The molecule has 17 heavy (non-hydrogen) atoms. The summed E-state index contributed by atoms with van der Waals surface area (Å²) in [6, 6.07) is 11.4. The second kappa shape index (κ2) is 5.25. The number of rotatable bonds is 4. The Kier molecular flexibility index (Phi) is 3.50. The van der Waals surface area contributed by atoms with E-state index in [1.54, 1.807) is 19.5 Å². The molecular weight excluding hydrogens is 212 g/mol. The van der Waals surface area contributed by atoms with E-state index in [1.807, 2.05) is 36.4 Å². The number of aromatic nitrogens is 1. The first kappa shape index (κ1) is 11.3. The fourth-order valence-electron chi connectivity index (χ4n) is 1.60. The molecule has 0 unspecified atom stereocenters. The fraction of sp³-hybridized carbons (Fsp3) is 0.143. The molecule has 0 fully saturated rings. The second-order valence-electron chi connectivity index (χ2n) is 3.75. The molecule has 0 spiro atoms. The third kappa shape index (κ3) is 2.91. The summed E-state index contributed by atoms with van der Waals surface area (Å²) in [5.74, 6) is 0.808. The van der Waals surface area contributed by atoms with Crippen molar-refractivity contribution in [3.8, 4) is 5.75 Å². The Morgan fingerprint density at radius 2 is 2.00 bits per heavy atom. The topological polar surface area (TPSA) is 46.0 Å². The average molecular weight is 226 g/mol. The molecule has 0 bridgehead atoms. The average Bonchev–Trinajstić information content (AvgIpc) is 2.40. The van der Waals surface area contributed by atoms with Crippen molar-refractivity contribution in [2.45, 2.75) is 6.42 Å². The Morgan fingerprint density at radius 3 is 2.59 bits per heavy atom. The molecule has 0 amide bonds.